The molecule has 3 amide bonds. The molecule has 6 nitrogen and oxygen atoms in total. The number of benzene rings is 1. The zero-order chi connectivity index (χ0) is 18.7. The van der Waals surface area contributed by atoms with Gasteiger partial charge in [0.2, 0.25) is 5.91 Å². The normalized spacial score (nSPS) is 21.2. The van der Waals surface area contributed by atoms with E-state index in [9.17, 15) is 9.59 Å². The fourth-order valence-electron chi connectivity index (χ4n) is 3.73. The summed E-state index contributed by atoms with van der Waals surface area (Å²) in [6, 6.07) is 4.80. The largest absolute Gasteiger partial charge is 0.351 e. The molecule has 0 bridgehead atoms. The highest BCUT2D eigenvalue weighted by Gasteiger charge is 2.33. The van der Waals surface area contributed by atoms with Crippen molar-refractivity contribution in [3.05, 3.63) is 33.8 Å². The van der Waals surface area contributed by atoms with Crippen LogP contribution < -0.4 is 5.73 Å². The van der Waals surface area contributed by atoms with Crippen LogP contribution in [0.25, 0.3) is 0 Å². The Hall–Kier alpha value is -1.50. The van der Waals surface area contributed by atoms with Gasteiger partial charge in [-0.2, -0.15) is 0 Å². The summed E-state index contributed by atoms with van der Waals surface area (Å²) in [6.07, 6.45) is 2.64. The Bertz CT molecular complexity index is 679. The number of carbonyl (C=O) groups is 2. The highest BCUT2D eigenvalue weighted by atomic mass is 35.5. The summed E-state index contributed by atoms with van der Waals surface area (Å²) in [5.41, 5.74) is 6.29. The van der Waals surface area contributed by atoms with Crippen LogP contribution in [0.15, 0.2) is 18.2 Å². The molecule has 0 spiro atoms. The average molecular weight is 399 g/mol. The summed E-state index contributed by atoms with van der Waals surface area (Å²) in [5.74, 6) is 0.0386. The van der Waals surface area contributed by atoms with Crippen LogP contribution in [0.5, 0.6) is 0 Å². The summed E-state index contributed by atoms with van der Waals surface area (Å²) < 4.78 is 0. The first kappa shape index (κ1) is 19.3. The number of carbonyl (C=O) groups excluding carboxylic acids is 2. The molecule has 2 N–H and O–H groups in total. The Morgan fingerprint density at radius 3 is 2.46 bits per heavy atom. The predicted molar refractivity (Wildman–Crippen MR) is 102 cm³/mol. The van der Waals surface area contributed by atoms with Crippen LogP contribution in [0, 0.1) is 0 Å². The third-order valence-electron chi connectivity index (χ3n) is 5.12. The Labute approximate surface area is 163 Å². The zero-order valence-corrected chi connectivity index (χ0v) is 16.2. The molecule has 2 saturated heterocycles. The van der Waals surface area contributed by atoms with Gasteiger partial charge < -0.3 is 20.4 Å². The minimum atomic E-state index is -0.423. The van der Waals surface area contributed by atoms with E-state index in [-0.39, 0.29) is 18.4 Å². The second-order valence-corrected chi connectivity index (χ2v) is 7.77. The number of primary amides is 1. The molecule has 2 fully saturated rings. The van der Waals surface area contributed by atoms with Gasteiger partial charge in [0.05, 0.1) is 22.5 Å². The molecule has 1 aromatic carbocycles. The molecule has 26 heavy (non-hydrogen) atoms. The van der Waals surface area contributed by atoms with Crippen LogP contribution in [-0.2, 0) is 11.2 Å². The number of piperazine rings is 1. The van der Waals surface area contributed by atoms with Gasteiger partial charge in [-0.25, -0.2) is 4.79 Å². The van der Waals surface area contributed by atoms with E-state index in [1.54, 1.807) is 17.0 Å². The lowest BCUT2D eigenvalue weighted by Gasteiger charge is -2.42. The number of hydrogen-bond acceptors (Lipinski definition) is 3. The summed E-state index contributed by atoms with van der Waals surface area (Å²) in [7, 11) is 0. The van der Waals surface area contributed by atoms with Crippen LogP contribution in [0.2, 0.25) is 10.0 Å². The minimum Gasteiger partial charge on any atom is -0.351 e. The molecule has 1 atom stereocenters. The Morgan fingerprint density at radius 2 is 1.81 bits per heavy atom. The van der Waals surface area contributed by atoms with E-state index in [1.165, 1.54) is 12.8 Å². The molecule has 2 aliphatic heterocycles. The average Bonchev–Trinajstić information content (AvgIpc) is 3.11. The number of amides is 3. The lowest BCUT2D eigenvalue weighted by molar-refractivity contribution is -0.135. The SMILES string of the molecule is NC(=O)N1CCN(C(=O)Cc2ccc(Cl)c(Cl)c2)[C@H](CN2CCCC2)C1. The number of likely N-dealkylation sites (tertiary alicyclic amines) is 1. The highest BCUT2D eigenvalue weighted by Crippen LogP contribution is 2.23. The van der Waals surface area contributed by atoms with Gasteiger partial charge in [-0.15, -0.1) is 0 Å². The van der Waals surface area contributed by atoms with Crippen molar-refractivity contribution >= 4 is 35.1 Å². The van der Waals surface area contributed by atoms with E-state index in [0.29, 0.717) is 29.7 Å². The van der Waals surface area contributed by atoms with Crippen LogP contribution in [0.3, 0.4) is 0 Å². The van der Waals surface area contributed by atoms with Crippen molar-refractivity contribution in [2.24, 2.45) is 5.73 Å². The van der Waals surface area contributed by atoms with E-state index in [0.717, 1.165) is 25.2 Å². The van der Waals surface area contributed by atoms with Gasteiger partial charge in [-0.3, -0.25) is 4.79 Å². The van der Waals surface area contributed by atoms with Crippen molar-refractivity contribution in [1.82, 2.24) is 14.7 Å². The second kappa shape index (κ2) is 8.46. The molecule has 1 aromatic rings. The second-order valence-electron chi connectivity index (χ2n) is 6.96. The van der Waals surface area contributed by atoms with E-state index in [1.807, 2.05) is 11.0 Å². The molecule has 0 unspecified atom stereocenters. The summed E-state index contributed by atoms with van der Waals surface area (Å²) in [5, 5.41) is 0.925. The predicted octanol–water partition coefficient (Wildman–Crippen LogP) is 2.22. The molecule has 0 radical (unpaired) electrons. The van der Waals surface area contributed by atoms with Crippen molar-refractivity contribution in [2.45, 2.75) is 25.3 Å². The summed E-state index contributed by atoms with van der Waals surface area (Å²) >= 11 is 12.0. The summed E-state index contributed by atoms with van der Waals surface area (Å²) in [6.45, 7) is 4.32. The van der Waals surface area contributed by atoms with Crippen molar-refractivity contribution in [3.8, 4) is 0 Å². The third-order valence-corrected chi connectivity index (χ3v) is 5.86. The van der Waals surface area contributed by atoms with Crippen molar-refractivity contribution in [1.29, 1.82) is 0 Å². The number of rotatable bonds is 4. The quantitative estimate of drug-likeness (QED) is 0.844. The van der Waals surface area contributed by atoms with Crippen molar-refractivity contribution < 1.29 is 9.59 Å². The number of nitrogens with zero attached hydrogens (tertiary/aromatic N) is 3. The van der Waals surface area contributed by atoms with Gasteiger partial charge in [-0.05, 0) is 43.6 Å². The minimum absolute atomic E-state index is 0.0374. The van der Waals surface area contributed by atoms with Gasteiger partial charge >= 0.3 is 6.03 Å². The standard InChI is InChI=1S/C18H24Cl2N4O2/c19-15-4-3-13(9-16(15)20)10-17(25)24-8-7-23(18(21)26)12-14(24)11-22-5-1-2-6-22/h3-4,9,14H,1-2,5-8,10-12H2,(H2,21,26)/t14-/m1/s1. The van der Waals surface area contributed by atoms with Gasteiger partial charge in [0, 0.05) is 26.2 Å². The first-order chi connectivity index (χ1) is 12.4. The molecule has 142 valence electrons. The lowest BCUT2D eigenvalue weighted by Crippen LogP contribution is -2.60. The number of urea groups is 1. The number of nitrogens with two attached hydrogens (primary N) is 1. The monoisotopic (exact) mass is 398 g/mol. The number of hydrogen-bond donors (Lipinski definition) is 1. The third kappa shape index (κ3) is 4.61. The topological polar surface area (TPSA) is 69.9 Å². The number of halogens is 2. The maximum absolute atomic E-state index is 12.9. The van der Waals surface area contributed by atoms with Gasteiger partial charge in [0.25, 0.3) is 0 Å². The molecule has 8 heteroatoms. The lowest BCUT2D eigenvalue weighted by atomic mass is 10.1. The molecule has 0 aromatic heterocycles. The van der Waals surface area contributed by atoms with E-state index < -0.39 is 6.03 Å². The Morgan fingerprint density at radius 1 is 1.08 bits per heavy atom. The fourth-order valence-corrected chi connectivity index (χ4v) is 4.05. The maximum atomic E-state index is 12.9. The molecule has 2 aliphatic rings. The highest BCUT2D eigenvalue weighted by molar-refractivity contribution is 6.42. The van der Waals surface area contributed by atoms with Crippen molar-refractivity contribution in [3.63, 3.8) is 0 Å². The van der Waals surface area contributed by atoms with E-state index >= 15 is 0 Å². The van der Waals surface area contributed by atoms with Crippen LogP contribution in [-0.4, -0.2) is 71.9 Å². The first-order valence-electron chi connectivity index (χ1n) is 8.94. The van der Waals surface area contributed by atoms with Gasteiger partial charge in [0.1, 0.15) is 0 Å². The fraction of sp³-hybridized carbons (Fsp3) is 0.556. The summed E-state index contributed by atoms with van der Waals surface area (Å²) in [4.78, 5) is 30.4. The Kier molecular flexibility index (Phi) is 6.27. The molecular weight excluding hydrogens is 375 g/mol. The smallest absolute Gasteiger partial charge is 0.314 e. The maximum Gasteiger partial charge on any atom is 0.314 e. The van der Waals surface area contributed by atoms with Crippen molar-refractivity contribution in [2.75, 3.05) is 39.3 Å². The molecule has 3 rings (SSSR count). The first-order valence-corrected chi connectivity index (χ1v) is 9.70. The molecular formula is C18H24Cl2N4O2. The van der Waals surface area contributed by atoms with Crippen LogP contribution in [0.4, 0.5) is 4.79 Å². The van der Waals surface area contributed by atoms with Crippen LogP contribution in [0.1, 0.15) is 18.4 Å². The van der Waals surface area contributed by atoms with Crippen LogP contribution >= 0.6 is 23.2 Å². The Balaban J connectivity index is 1.70. The molecule has 0 aliphatic carbocycles. The van der Waals surface area contributed by atoms with E-state index in [4.69, 9.17) is 28.9 Å². The van der Waals surface area contributed by atoms with Gasteiger partial charge in [0.15, 0.2) is 0 Å². The van der Waals surface area contributed by atoms with E-state index in [2.05, 4.69) is 4.90 Å². The molecule has 2 heterocycles. The zero-order valence-electron chi connectivity index (χ0n) is 14.7. The molecule has 0 saturated carbocycles. The van der Waals surface area contributed by atoms with Gasteiger partial charge in [-0.1, -0.05) is 29.3 Å².